The van der Waals surface area contributed by atoms with Crippen LogP contribution in [0.25, 0.3) is 0 Å². The van der Waals surface area contributed by atoms with E-state index in [1.807, 2.05) is 30.3 Å². The van der Waals surface area contributed by atoms with Crippen LogP contribution >= 0.6 is 0 Å². The van der Waals surface area contributed by atoms with Crippen molar-refractivity contribution in [3.05, 3.63) is 65.7 Å². The van der Waals surface area contributed by atoms with E-state index in [2.05, 4.69) is 17.2 Å². The molecule has 0 amide bonds. The Bertz CT molecular complexity index is 837. The van der Waals surface area contributed by atoms with Crippen molar-refractivity contribution in [3.63, 3.8) is 0 Å². The number of carboxylic acids is 2. The predicted octanol–water partition coefficient (Wildman–Crippen LogP) is 2.57. The number of hydrogen-bond donors (Lipinski definition) is 3. The van der Waals surface area contributed by atoms with Gasteiger partial charge in [0.25, 0.3) is 0 Å². The van der Waals surface area contributed by atoms with E-state index < -0.39 is 24.0 Å². The SMILES string of the molecule is COc1ccc(C#CCC(NC(CCc2ccccc2)C(=O)O)C(=O)O)cc1. The van der Waals surface area contributed by atoms with Gasteiger partial charge in [0.1, 0.15) is 17.8 Å². The minimum atomic E-state index is -1.13. The summed E-state index contributed by atoms with van der Waals surface area (Å²) in [6, 6.07) is 14.5. The third-order valence-corrected chi connectivity index (χ3v) is 4.19. The van der Waals surface area contributed by atoms with Crippen molar-refractivity contribution < 1.29 is 24.5 Å². The molecule has 2 rings (SSSR count). The molecule has 6 heteroatoms. The molecule has 0 heterocycles. The van der Waals surface area contributed by atoms with E-state index in [4.69, 9.17) is 4.74 Å². The smallest absolute Gasteiger partial charge is 0.321 e. The van der Waals surface area contributed by atoms with Crippen LogP contribution in [0.2, 0.25) is 0 Å². The number of methoxy groups -OCH3 is 1. The van der Waals surface area contributed by atoms with Crippen LogP contribution in [0.4, 0.5) is 0 Å². The fraction of sp³-hybridized carbons (Fsp3) is 0.273. The van der Waals surface area contributed by atoms with Crippen molar-refractivity contribution in [1.82, 2.24) is 5.32 Å². The van der Waals surface area contributed by atoms with Crippen LogP contribution in [-0.2, 0) is 16.0 Å². The van der Waals surface area contributed by atoms with Crippen LogP contribution in [0, 0.1) is 11.8 Å². The molecule has 0 aromatic heterocycles. The normalized spacial score (nSPS) is 12.3. The number of aryl methyl sites for hydroxylation is 1. The highest BCUT2D eigenvalue weighted by Crippen LogP contribution is 2.10. The molecule has 0 bridgehead atoms. The molecule has 146 valence electrons. The van der Waals surface area contributed by atoms with Gasteiger partial charge in [0.2, 0.25) is 0 Å². The Labute approximate surface area is 164 Å². The molecule has 2 unspecified atom stereocenters. The van der Waals surface area contributed by atoms with E-state index in [1.165, 1.54) is 0 Å². The Hall–Kier alpha value is -3.30. The van der Waals surface area contributed by atoms with Gasteiger partial charge in [0.05, 0.1) is 7.11 Å². The molecule has 0 spiro atoms. The number of hydrogen-bond acceptors (Lipinski definition) is 4. The summed E-state index contributed by atoms with van der Waals surface area (Å²) in [5, 5.41) is 21.6. The van der Waals surface area contributed by atoms with Gasteiger partial charge in [-0.15, -0.1) is 0 Å². The summed E-state index contributed by atoms with van der Waals surface area (Å²) in [7, 11) is 1.57. The molecule has 2 atom stereocenters. The van der Waals surface area contributed by atoms with Gasteiger partial charge in [-0.25, -0.2) is 0 Å². The maximum Gasteiger partial charge on any atom is 0.321 e. The first kappa shape index (κ1) is 21.0. The molecule has 0 radical (unpaired) electrons. The van der Waals surface area contributed by atoms with Crippen molar-refractivity contribution >= 4 is 11.9 Å². The van der Waals surface area contributed by atoms with E-state index in [9.17, 15) is 19.8 Å². The van der Waals surface area contributed by atoms with Crippen molar-refractivity contribution in [2.75, 3.05) is 7.11 Å². The molecule has 0 aliphatic heterocycles. The lowest BCUT2D eigenvalue weighted by atomic mass is 10.0. The van der Waals surface area contributed by atoms with E-state index in [0.29, 0.717) is 12.2 Å². The summed E-state index contributed by atoms with van der Waals surface area (Å²) in [5.41, 5.74) is 1.73. The molecule has 0 saturated carbocycles. The highest BCUT2D eigenvalue weighted by atomic mass is 16.5. The first-order valence-corrected chi connectivity index (χ1v) is 8.88. The average molecular weight is 381 g/mol. The summed E-state index contributed by atoms with van der Waals surface area (Å²) in [6.45, 7) is 0. The lowest BCUT2D eigenvalue weighted by Gasteiger charge is -2.19. The summed E-state index contributed by atoms with van der Waals surface area (Å²) in [6.07, 6.45) is 0.820. The molecule has 0 saturated heterocycles. The van der Waals surface area contributed by atoms with Gasteiger partial charge in [-0.2, -0.15) is 0 Å². The zero-order valence-electron chi connectivity index (χ0n) is 15.6. The molecule has 28 heavy (non-hydrogen) atoms. The maximum absolute atomic E-state index is 11.5. The number of carbonyl (C=O) groups is 2. The predicted molar refractivity (Wildman–Crippen MR) is 105 cm³/mol. The molecule has 2 aromatic rings. The highest BCUT2D eigenvalue weighted by molar-refractivity contribution is 5.77. The lowest BCUT2D eigenvalue weighted by molar-refractivity contribution is -0.142. The number of nitrogens with one attached hydrogen (secondary N) is 1. The Kier molecular flexibility index (Phi) is 8.07. The largest absolute Gasteiger partial charge is 0.497 e. The number of benzene rings is 2. The molecular formula is C22H23NO5. The zero-order valence-corrected chi connectivity index (χ0v) is 15.6. The molecule has 2 aromatic carbocycles. The van der Waals surface area contributed by atoms with Crippen LogP contribution in [0.1, 0.15) is 24.0 Å². The zero-order chi connectivity index (χ0) is 20.4. The minimum Gasteiger partial charge on any atom is -0.497 e. The fourth-order valence-corrected chi connectivity index (χ4v) is 2.62. The van der Waals surface area contributed by atoms with E-state index in [1.54, 1.807) is 31.4 Å². The third-order valence-electron chi connectivity index (χ3n) is 4.19. The van der Waals surface area contributed by atoms with E-state index >= 15 is 0 Å². The van der Waals surface area contributed by atoms with Crippen LogP contribution < -0.4 is 10.1 Å². The summed E-state index contributed by atoms with van der Waals surface area (Å²) in [4.78, 5) is 23.0. The second-order valence-corrected chi connectivity index (χ2v) is 6.21. The Morgan fingerprint density at radius 2 is 1.64 bits per heavy atom. The summed E-state index contributed by atoms with van der Waals surface area (Å²) in [5.74, 6) is 4.20. The van der Waals surface area contributed by atoms with Gasteiger partial charge in [0, 0.05) is 12.0 Å². The quantitative estimate of drug-likeness (QED) is 0.578. The fourth-order valence-electron chi connectivity index (χ4n) is 2.62. The average Bonchev–Trinajstić information content (AvgIpc) is 2.70. The van der Waals surface area contributed by atoms with Gasteiger partial charge < -0.3 is 14.9 Å². The Morgan fingerprint density at radius 1 is 1.00 bits per heavy atom. The van der Waals surface area contributed by atoms with Crippen molar-refractivity contribution in [3.8, 4) is 17.6 Å². The van der Waals surface area contributed by atoms with Gasteiger partial charge in [-0.3, -0.25) is 14.9 Å². The molecular weight excluding hydrogens is 358 g/mol. The first-order chi connectivity index (χ1) is 13.5. The van der Waals surface area contributed by atoms with Crippen molar-refractivity contribution in [2.24, 2.45) is 0 Å². The minimum absolute atomic E-state index is 0.00349. The second kappa shape index (κ2) is 10.8. The van der Waals surface area contributed by atoms with Gasteiger partial charge >= 0.3 is 11.9 Å². The number of ether oxygens (including phenoxy) is 1. The molecule has 0 aliphatic rings. The second-order valence-electron chi connectivity index (χ2n) is 6.21. The van der Waals surface area contributed by atoms with Crippen LogP contribution in [-0.4, -0.2) is 41.3 Å². The number of carboxylic acid groups (broad SMARTS) is 2. The highest BCUT2D eigenvalue weighted by Gasteiger charge is 2.25. The molecule has 6 nitrogen and oxygen atoms in total. The van der Waals surface area contributed by atoms with Gasteiger partial charge in [0.15, 0.2) is 0 Å². The molecule has 0 fully saturated rings. The topological polar surface area (TPSA) is 95.9 Å². The van der Waals surface area contributed by atoms with Crippen molar-refractivity contribution in [2.45, 2.75) is 31.3 Å². The lowest BCUT2D eigenvalue weighted by Crippen LogP contribution is -2.47. The maximum atomic E-state index is 11.5. The summed E-state index contributed by atoms with van der Waals surface area (Å²) >= 11 is 0. The molecule has 3 N–H and O–H groups in total. The third kappa shape index (κ3) is 6.78. The monoisotopic (exact) mass is 381 g/mol. The van der Waals surface area contributed by atoms with Crippen LogP contribution in [0.15, 0.2) is 54.6 Å². The van der Waals surface area contributed by atoms with Crippen LogP contribution in [0.3, 0.4) is 0 Å². The van der Waals surface area contributed by atoms with Crippen molar-refractivity contribution in [1.29, 1.82) is 0 Å². The Balaban J connectivity index is 1.98. The molecule has 0 aliphatic carbocycles. The van der Waals surface area contributed by atoms with Gasteiger partial charge in [-0.05, 0) is 42.7 Å². The first-order valence-electron chi connectivity index (χ1n) is 8.88. The standard InChI is InChI=1S/C22H23NO5/c1-28-18-13-10-17(11-14-18)8-5-9-19(21(24)25)23-20(22(26)27)15-12-16-6-3-2-4-7-16/h2-4,6-7,10-11,13-14,19-20,23H,9,12,15H2,1H3,(H,24,25)(H,26,27). The van der Waals surface area contributed by atoms with Gasteiger partial charge in [-0.1, -0.05) is 42.2 Å². The Morgan fingerprint density at radius 3 is 2.21 bits per heavy atom. The number of aliphatic carboxylic acids is 2. The van der Waals surface area contributed by atoms with E-state index in [0.717, 1.165) is 11.1 Å². The summed E-state index contributed by atoms with van der Waals surface area (Å²) < 4.78 is 5.07. The number of rotatable bonds is 9. The van der Waals surface area contributed by atoms with E-state index in [-0.39, 0.29) is 12.8 Å². The van der Waals surface area contributed by atoms with Crippen LogP contribution in [0.5, 0.6) is 5.75 Å².